The maximum absolute atomic E-state index is 10.4. The molecule has 0 spiro atoms. The van der Waals surface area contributed by atoms with E-state index in [0.717, 1.165) is 27.4 Å². The molecule has 0 heterocycles. The van der Waals surface area contributed by atoms with Crippen molar-refractivity contribution < 1.29 is 14.6 Å². The summed E-state index contributed by atoms with van der Waals surface area (Å²) >= 11 is 3.42. The zero-order valence-corrected chi connectivity index (χ0v) is 12.2. The van der Waals surface area contributed by atoms with E-state index in [1.807, 2.05) is 48.5 Å². The predicted octanol–water partition coefficient (Wildman–Crippen LogP) is 4.13. The molecule has 0 radical (unpaired) electrons. The standard InChI is InChI=1S/C16H13BrO3/c17-14-3-1-2-13(10-14)11-20-15-7-4-12(5-8-15)6-9-16(18)19/h1-10H,11H2,(H,18,19)/b9-6+. The molecular weight excluding hydrogens is 320 g/mol. The lowest BCUT2D eigenvalue weighted by Gasteiger charge is -2.06. The molecule has 2 aromatic rings. The van der Waals surface area contributed by atoms with Crippen LogP contribution in [0.1, 0.15) is 11.1 Å². The molecule has 0 aromatic heterocycles. The Labute approximate surface area is 125 Å². The highest BCUT2D eigenvalue weighted by Gasteiger charge is 1.97. The zero-order valence-electron chi connectivity index (χ0n) is 10.6. The number of rotatable bonds is 5. The van der Waals surface area contributed by atoms with Crippen LogP contribution >= 0.6 is 15.9 Å². The number of halogens is 1. The lowest BCUT2D eigenvalue weighted by Crippen LogP contribution is -1.95. The molecule has 2 aromatic carbocycles. The summed E-state index contributed by atoms with van der Waals surface area (Å²) in [6, 6.07) is 15.2. The fourth-order valence-electron chi connectivity index (χ4n) is 1.64. The van der Waals surface area contributed by atoms with Crippen LogP contribution in [0, 0.1) is 0 Å². The molecule has 0 bridgehead atoms. The van der Waals surface area contributed by atoms with Crippen LogP contribution in [0.4, 0.5) is 0 Å². The maximum Gasteiger partial charge on any atom is 0.328 e. The topological polar surface area (TPSA) is 46.5 Å². The molecule has 3 nitrogen and oxygen atoms in total. The van der Waals surface area contributed by atoms with Gasteiger partial charge in [-0.3, -0.25) is 0 Å². The SMILES string of the molecule is O=C(O)/C=C/c1ccc(OCc2cccc(Br)c2)cc1. The Morgan fingerprint density at radius 3 is 2.60 bits per heavy atom. The second-order valence-corrected chi connectivity index (χ2v) is 5.07. The number of benzene rings is 2. The molecule has 20 heavy (non-hydrogen) atoms. The van der Waals surface area contributed by atoms with E-state index in [9.17, 15) is 4.79 Å². The quantitative estimate of drug-likeness (QED) is 0.837. The predicted molar refractivity (Wildman–Crippen MR) is 81.6 cm³/mol. The summed E-state index contributed by atoms with van der Waals surface area (Å²) in [5, 5.41) is 8.55. The Morgan fingerprint density at radius 1 is 1.20 bits per heavy atom. The van der Waals surface area contributed by atoms with Crippen LogP contribution in [-0.2, 0) is 11.4 Å². The second kappa shape index (κ2) is 6.91. The van der Waals surface area contributed by atoms with E-state index < -0.39 is 5.97 Å². The van der Waals surface area contributed by atoms with Gasteiger partial charge < -0.3 is 9.84 Å². The van der Waals surface area contributed by atoms with Gasteiger partial charge in [-0.25, -0.2) is 4.79 Å². The summed E-state index contributed by atoms with van der Waals surface area (Å²) in [6.45, 7) is 0.490. The summed E-state index contributed by atoms with van der Waals surface area (Å²) in [5.41, 5.74) is 1.90. The summed E-state index contributed by atoms with van der Waals surface area (Å²) in [4.78, 5) is 10.4. The molecule has 4 heteroatoms. The highest BCUT2D eigenvalue weighted by atomic mass is 79.9. The van der Waals surface area contributed by atoms with Gasteiger partial charge in [-0.2, -0.15) is 0 Å². The number of aliphatic carboxylic acids is 1. The van der Waals surface area contributed by atoms with Crippen molar-refractivity contribution in [1.82, 2.24) is 0 Å². The van der Waals surface area contributed by atoms with E-state index in [1.54, 1.807) is 6.08 Å². The van der Waals surface area contributed by atoms with E-state index in [1.165, 1.54) is 0 Å². The van der Waals surface area contributed by atoms with Crippen molar-refractivity contribution in [2.75, 3.05) is 0 Å². The van der Waals surface area contributed by atoms with Gasteiger partial charge >= 0.3 is 5.97 Å². The van der Waals surface area contributed by atoms with E-state index in [0.29, 0.717) is 6.61 Å². The number of hydrogen-bond donors (Lipinski definition) is 1. The van der Waals surface area contributed by atoms with Gasteiger partial charge in [0.1, 0.15) is 12.4 Å². The summed E-state index contributed by atoms with van der Waals surface area (Å²) in [6.07, 6.45) is 2.65. The molecule has 0 atom stereocenters. The maximum atomic E-state index is 10.4. The molecule has 0 fully saturated rings. The van der Waals surface area contributed by atoms with Gasteiger partial charge in [0.05, 0.1) is 0 Å². The molecule has 0 unspecified atom stereocenters. The first kappa shape index (κ1) is 14.3. The minimum atomic E-state index is -0.958. The third-order valence-corrected chi connectivity index (χ3v) is 3.09. The lowest BCUT2D eigenvalue weighted by atomic mass is 10.2. The highest BCUT2D eigenvalue weighted by molar-refractivity contribution is 9.10. The first-order chi connectivity index (χ1) is 9.63. The van der Waals surface area contributed by atoms with Crippen molar-refractivity contribution in [3.05, 3.63) is 70.2 Å². The van der Waals surface area contributed by atoms with Gasteiger partial charge in [0, 0.05) is 10.5 Å². The van der Waals surface area contributed by atoms with Crippen LogP contribution in [0.2, 0.25) is 0 Å². The first-order valence-electron chi connectivity index (χ1n) is 6.02. The molecule has 0 aliphatic carbocycles. The third kappa shape index (κ3) is 4.55. The molecule has 102 valence electrons. The first-order valence-corrected chi connectivity index (χ1v) is 6.81. The monoisotopic (exact) mass is 332 g/mol. The summed E-state index contributed by atoms with van der Waals surface area (Å²) in [5.74, 6) is -0.211. The van der Waals surface area contributed by atoms with Crippen LogP contribution in [-0.4, -0.2) is 11.1 Å². The minimum Gasteiger partial charge on any atom is -0.489 e. The molecule has 0 aliphatic heterocycles. The zero-order chi connectivity index (χ0) is 14.4. The van der Waals surface area contributed by atoms with E-state index in [-0.39, 0.29) is 0 Å². The number of carbonyl (C=O) groups is 1. The van der Waals surface area contributed by atoms with Gasteiger partial charge in [0.25, 0.3) is 0 Å². The largest absolute Gasteiger partial charge is 0.489 e. The fourth-order valence-corrected chi connectivity index (χ4v) is 2.08. The molecular formula is C16H13BrO3. The molecule has 0 saturated carbocycles. The fraction of sp³-hybridized carbons (Fsp3) is 0.0625. The Balaban J connectivity index is 1.95. The van der Waals surface area contributed by atoms with Gasteiger partial charge in [0.15, 0.2) is 0 Å². The number of ether oxygens (including phenoxy) is 1. The molecule has 1 N–H and O–H groups in total. The molecule has 2 rings (SSSR count). The van der Waals surface area contributed by atoms with Gasteiger partial charge in [-0.1, -0.05) is 40.2 Å². The molecule has 0 aliphatic rings. The van der Waals surface area contributed by atoms with E-state index >= 15 is 0 Å². The summed E-state index contributed by atoms with van der Waals surface area (Å²) < 4.78 is 6.69. The van der Waals surface area contributed by atoms with Crippen LogP contribution < -0.4 is 4.74 Å². The van der Waals surface area contributed by atoms with Crippen molar-refractivity contribution in [3.63, 3.8) is 0 Å². The van der Waals surface area contributed by atoms with E-state index in [4.69, 9.17) is 9.84 Å². The Hall–Kier alpha value is -2.07. The van der Waals surface area contributed by atoms with Crippen molar-refractivity contribution in [1.29, 1.82) is 0 Å². The normalized spacial score (nSPS) is 10.7. The number of carboxylic acid groups (broad SMARTS) is 1. The van der Waals surface area contributed by atoms with Crippen molar-refractivity contribution in [2.24, 2.45) is 0 Å². The van der Waals surface area contributed by atoms with Crippen LogP contribution in [0.15, 0.2) is 59.1 Å². The molecule has 0 amide bonds. The smallest absolute Gasteiger partial charge is 0.328 e. The van der Waals surface area contributed by atoms with Crippen LogP contribution in [0.5, 0.6) is 5.75 Å². The lowest BCUT2D eigenvalue weighted by molar-refractivity contribution is -0.131. The Morgan fingerprint density at radius 2 is 1.95 bits per heavy atom. The van der Waals surface area contributed by atoms with Crippen LogP contribution in [0.3, 0.4) is 0 Å². The Kier molecular flexibility index (Phi) is 4.96. The summed E-state index contributed by atoms with van der Waals surface area (Å²) in [7, 11) is 0. The van der Waals surface area contributed by atoms with Gasteiger partial charge in [-0.15, -0.1) is 0 Å². The average Bonchev–Trinajstić information content (AvgIpc) is 2.44. The average molecular weight is 333 g/mol. The van der Waals surface area contributed by atoms with Crippen molar-refractivity contribution >= 4 is 28.0 Å². The van der Waals surface area contributed by atoms with Crippen molar-refractivity contribution in [2.45, 2.75) is 6.61 Å². The second-order valence-electron chi connectivity index (χ2n) is 4.16. The Bertz CT molecular complexity index is 618. The van der Waals surface area contributed by atoms with Crippen molar-refractivity contribution in [3.8, 4) is 5.75 Å². The van der Waals surface area contributed by atoms with Gasteiger partial charge in [0.2, 0.25) is 0 Å². The molecule has 0 saturated heterocycles. The van der Waals surface area contributed by atoms with Crippen LogP contribution in [0.25, 0.3) is 6.08 Å². The highest BCUT2D eigenvalue weighted by Crippen LogP contribution is 2.17. The third-order valence-electron chi connectivity index (χ3n) is 2.59. The van der Waals surface area contributed by atoms with E-state index in [2.05, 4.69) is 15.9 Å². The number of carboxylic acids is 1. The number of hydrogen-bond acceptors (Lipinski definition) is 2. The van der Waals surface area contributed by atoms with Gasteiger partial charge in [-0.05, 0) is 41.5 Å². The minimum absolute atomic E-state index is 0.490.